The third kappa shape index (κ3) is 3.52. The van der Waals surface area contributed by atoms with Gasteiger partial charge in [-0.3, -0.25) is 0 Å². The minimum atomic E-state index is 0.175. The van der Waals surface area contributed by atoms with Gasteiger partial charge in [0.1, 0.15) is 12.0 Å². The van der Waals surface area contributed by atoms with Crippen LogP contribution in [0.5, 0.6) is 5.75 Å². The molecule has 1 aromatic carbocycles. The quantitative estimate of drug-likeness (QED) is 0.753. The largest absolute Gasteiger partial charge is 0.491 e. The normalized spacial score (nSPS) is 28.8. The van der Waals surface area contributed by atoms with Gasteiger partial charge in [-0.1, -0.05) is 20.8 Å². The predicted octanol–water partition coefficient (Wildman–Crippen LogP) is 5.29. The first-order valence-corrected chi connectivity index (χ1v) is 10.3. The highest BCUT2D eigenvalue weighted by molar-refractivity contribution is 5.54. The SMILES string of the molecule is CC(C)Oc1ccc(-c2nc(CN[C@@H]3C[C@@H]4C[C@H]([C@H]3C)C4(C)C)co2)cc1. The van der Waals surface area contributed by atoms with Crippen LogP contribution in [0.1, 0.15) is 53.2 Å². The summed E-state index contributed by atoms with van der Waals surface area (Å²) in [5.74, 6) is 3.99. The summed E-state index contributed by atoms with van der Waals surface area (Å²) in [6.45, 7) is 12.1. The lowest BCUT2D eigenvalue weighted by atomic mass is 9.45. The highest BCUT2D eigenvalue weighted by Crippen LogP contribution is 2.61. The Morgan fingerprint density at radius 1 is 1.22 bits per heavy atom. The van der Waals surface area contributed by atoms with E-state index >= 15 is 0 Å². The zero-order valence-corrected chi connectivity index (χ0v) is 17.2. The smallest absolute Gasteiger partial charge is 0.226 e. The summed E-state index contributed by atoms with van der Waals surface area (Å²) in [7, 11) is 0. The minimum Gasteiger partial charge on any atom is -0.491 e. The Morgan fingerprint density at radius 3 is 2.59 bits per heavy atom. The van der Waals surface area contributed by atoms with Gasteiger partial charge in [0.05, 0.1) is 11.8 Å². The number of hydrogen-bond acceptors (Lipinski definition) is 4. The number of fused-ring (bicyclic) bond motifs is 2. The van der Waals surface area contributed by atoms with E-state index in [4.69, 9.17) is 9.15 Å². The fourth-order valence-electron chi connectivity index (χ4n) is 5.12. The van der Waals surface area contributed by atoms with E-state index in [1.165, 1.54) is 12.8 Å². The molecular weight excluding hydrogens is 336 g/mol. The second-order valence-electron chi connectivity index (χ2n) is 9.28. The summed E-state index contributed by atoms with van der Waals surface area (Å²) in [6.07, 6.45) is 4.65. The van der Waals surface area contributed by atoms with Crippen LogP contribution in [-0.2, 0) is 6.54 Å². The summed E-state index contributed by atoms with van der Waals surface area (Å²) >= 11 is 0. The molecule has 1 N–H and O–H groups in total. The summed E-state index contributed by atoms with van der Waals surface area (Å²) in [6, 6.07) is 8.53. The Bertz CT molecular complexity index is 778. The van der Waals surface area contributed by atoms with Crippen molar-refractivity contribution in [3.05, 3.63) is 36.2 Å². The zero-order chi connectivity index (χ0) is 19.2. The van der Waals surface area contributed by atoms with Gasteiger partial charge in [-0.15, -0.1) is 0 Å². The molecule has 1 heterocycles. The fraction of sp³-hybridized carbons (Fsp3) is 0.609. The van der Waals surface area contributed by atoms with E-state index in [0.29, 0.717) is 17.3 Å². The molecule has 0 spiro atoms. The van der Waals surface area contributed by atoms with E-state index in [1.807, 2.05) is 38.1 Å². The van der Waals surface area contributed by atoms with Crippen LogP contribution in [0.4, 0.5) is 0 Å². The third-order valence-corrected chi connectivity index (χ3v) is 6.92. The monoisotopic (exact) mass is 368 g/mol. The molecule has 2 aromatic rings. The topological polar surface area (TPSA) is 47.3 Å². The standard InChI is InChI=1S/C23H32N2O2/c1-14(2)27-19-8-6-16(7-9-19)22-25-18(13-26-22)12-24-21-11-17-10-20(15(21)3)23(17,4)5/h6-9,13-15,17,20-21,24H,10-12H2,1-5H3/t15-,17+,20-,21-/m1/s1. The van der Waals surface area contributed by atoms with E-state index in [1.54, 1.807) is 6.26 Å². The van der Waals surface area contributed by atoms with Gasteiger partial charge in [0.2, 0.25) is 5.89 Å². The number of benzene rings is 1. The second-order valence-corrected chi connectivity index (χ2v) is 9.28. The zero-order valence-electron chi connectivity index (χ0n) is 17.2. The number of rotatable bonds is 6. The molecule has 5 rings (SSSR count). The van der Waals surface area contributed by atoms with Gasteiger partial charge in [0.25, 0.3) is 0 Å². The van der Waals surface area contributed by atoms with Gasteiger partial charge in [0.15, 0.2) is 0 Å². The molecule has 4 nitrogen and oxygen atoms in total. The highest BCUT2D eigenvalue weighted by Gasteiger charge is 2.55. The van der Waals surface area contributed by atoms with Crippen molar-refractivity contribution >= 4 is 0 Å². The van der Waals surface area contributed by atoms with Crippen molar-refractivity contribution in [3.63, 3.8) is 0 Å². The number of nitrogens with one attached hydrogen (secondary N) is 1. The van der Waals surface area contributed by atoms with Crippen molar-refractivity contribution in [1.29, 1.82) is 0 Å². The van der Waals surface area contributed by atoms with Gasteiger partial charge in [-0.05, 0) is 74.1 Å². The highest BCUT2D eigenvalue weighted by atomic mass is 16.5. The first-order chi connectivity index (χ1) is 12.8. The molecule has 27 heavy (non-hydrogen) atoms. The average molecular weight is 369 g/mol. The molecule has 3 aliphatic rings. The molecule has 1 aromatic heterocycles. The molecule has 0 unspecified atom stereocenters. The van der Waals surface area contributed by atoms with Gasteiger partial charge >= 0.3 is 0 Å². The molecular formula is C23H32N2O2. The molecule has 2 bridgehead atoms. The maximum absolute atomic E-state index is 5.71. The molecule has 3 saturated carbocycles. The van der Waals surface area contributed by atoms with E-state index in [-0.39, 0.29) is 6.10 Å². The average Bonchev–Trinajstić information content (AvgIpc) is 3.09. The third-order valence-electron chi connectivity index (χ3n) is 6.92. The number of hydrogen-bond donors (Lipinski definition) is 1. The Hall–Kier alpha value is -1.81. The Morgan fingerprint density at radius 2 is 1.96 bits per heavy atom. The number of oxazole rings is 1. The van der Waals surface area contributed by atoms with E-state index < -0.39 is 0 Å². The number of ether oxygens (including phenoxy) is 1. The van der Waals surface area contributed by atoms with Crippen molar-refractivity contribution in [2.24, 2.45) is 23.2 Å². The fourth-order valence-corrected chi connectivity index (χ4v) is 5.12. The van der Waals surface area contributed by atoms with Crippen LogP contribution in [0.2, 0.25) is 0 Å². The predicted molar refractivity (Wildman–Crippen MR) is 107 cm³/mol. The molecule has 0 radical (unpaired) electrons. The van der Waals surface area contributed by atoms with Gasteiger partial charge < -0.3 is 14.5 Å². The lowest BCUT2D eigenvalue weighted by Crippen LogP contribution is -2.59. The molecule has 3 fully saturated rings. The Labute approximate surface area is 162 Å². The van der Waals surface area contributed by atoms with E-state index in [9.17, 15) is 0 Å². The summed E-state index contributed by atoms with van der Waals surface area (Å²) < 4.78 is 11.4. The Balaban J connectivity index is 1.35. The van der Waals surface area contributed by atoms with Gasteiger partial charge in [0, 0.05) is 18.2 Å². The van der Waals surface area contributed by atoms with Crippen LogP contribution in [-0.4, -0.2) is 17.1 Å². The molecule has 146 valence electrons. The van der Waals surface area contributed by atoms with Crippen molar-refractivity contribution in [3.8, 4) is 17.2 Å². The van der Waals surface area contributed by atoms with Crippen molar-refractivity contribution in [1.82, 2.24) is 10.3 Å². The van der Waals surface area contributed by atoms with Crippen molar-refractivity contribution in [2.45, 2.75) is 66.2 Å². The van der Waals surface area contributed by atoms with Crippen LogP contribution in [0, 0.1) is 23.2 Å². The molecule has 3 aliphatic carbocycles. The summed E-state index contributed by atoms with van der Waals surface area (Å²) in [4.78, 5) is 4.67. The number of nitrogens with zero attached hydrogens (tertiary/aromatic N) is 1. The maximum Gasteiger partial charge on any atom is 0.226 e. The van der Waals surface area contributed by atoms with Crippen LogP contribution < -0.4 is 10.1 Å². The Kier molecular flexibility index (Phi) is 4.79. The minimum absolute atomic E-state index is 0.175. The summed E-state index contributed by atoms with van der Waals surface area (Å²) in [5.41, 5.74) is 2.48. The van der Waals surface area contributed by atoms with Crippen LogP contribution in [0.3, 0.4) is 0 Å². The second kappa shape index (κ2) is 6.97. The van der Waals surface area contributed by atoms with Crippen molar-refractivity contribution in [2.75, 3.05) is 0 Å². The lowest BCUT2D eigenvalue weighted by molar-refractivity contribution is -0.115. The number of aromatic nitrogens is 1. The molecule has 0 amide bonds. The van der Waals surface area contributed by atoms with Crippen LogP contribution in [0.25, 0.3) is 11.5 Å². The first-order valence-electron chi connectivity index (χ1n) is 10.3. The van der Waals surface area contributed by atoms with Crippen LogP contribution >= 0.6 is 0 Å². The van der Waals surface area contributed by atoms with Crippen LogP contribution in [0.15, 0.2) is 34.9 Å². The summed E-state index contributed by atoms with van der Waals surface area (Å²) in [5, 5.41) is 3.74. The molecule has 4 atom stereocenters. The molecule has 4 heteroatoms. The van der Waals surface area contributed by atoms with E-state index in [2.05, 4.69) is 31.1 Å². The van der Waals surface area contributed by atoms with Crippen molar-refractivity contribution < 1.29 is 9.15 Å². The first kappa shape index (κ1) is 18.5. The lowest BCUT2D eigenvalue weighted by Gasteiger charge is -2.62. The van der Waals surface area contributed by atoms with E-state index in [0.717, 1.165) is 41.3 Å². The maximum atomic E-state index is 5.71. The van der Waals surface area contributed by atoms with Gasteiger partial charge in [-0.25, -0.2) is 4.98 Å². The molecule has 0 saturated heterocycles. The van der Waals surface area contributed by atoms with Gasteiger partial charge in [-0.2, -0.15) is 0 Å². The molecule has 0 aliphatic heterocycles.